The lowest BCUT2D eigenvalue weighted by Crippen LogP contribution is -1.93. The number of aryl methyl sites for hydroxylation is 1. The van der Waals surface area contributed by atoms with Gasteiger partial charge >= 0.3 is 0 Å². The first-order valence-electron chi connectivity index (χ1n) is 8.45. The van der Waals surface area contributed by atoms with Crippen molar-refractivity contribution < 1.29 is 0 Å². The Hall–Kier alpha value is -3.26. The molecule has 0 saturated heterocycles. The maximum Gasteiger partial charge on any atom is 0.161 e. The standard InChI is InChI=1S/C23H16N2/c1-15-11-12-21-18(13-15)22(16-7-3-2-4-8-16)19-14-17-9-5-6-10-20(17)24-23(19)25-21/h2-14H,1H3. The summed E-state index contributed by atoms with van der Waals surface area (Å²) in [6, 6.07) is 27.4. The van der Waals surface area contributed by atoms with Crippen LogP contribution in [0, 0.1) is 6.92 Å². The number of hydrogen-bond acceptors (Lipinski definition) is 2. The molecule has 25 heavy (non-hydrogen) atoms. The third-order valence-electron chi connectivity index (χ3n) is 4.68. The minimum atomic E-state index is 0.800. The van der Waals surface area contributed by atoms with Crippen LogP contribution in [0.25, 0.3) is 44.0 Å². The molecule has 0 unspecified atom stereocenters. The molecule has 0 amide bonds. The second-order valence-corrected chi connectivity index (χ2v) is 6.43. The van der Waals surface area contributed by atoms with Gasteiger partial charge in [0, 0.05) is 21.7 Å². The number of benzene rings is 3. The fourth-order valence-electron chi connectivity index (χ4n) is 3.50. The van der Waals surface area contributed by atoms with Crippen LogP contribution in [0.2, 0.25) is 0 Å². The van der Waals surface area contributed by atoms with Gasteiger partial charge in [0.2, 0.25) is 0 Å². The number of fused-ring (bicyclic) bond motifs is 3. The molecule has 2 nitrogen and oxygen atoms in total. The molecule has 3 aromatic carbocycles. The van der Waals surface area contributed by atoms with Crippen LogP contribution in [0.5, 0.6) is 0 Å². The predicted molar refractivity (Wildman–Crippen MR) is 105 cm³/mol. The number of hydrogen-bond donors (Lipinski definition) is 0. The summed E-state index contributed by atoms with van der Waals surface area (Å²) in [5.41, 5.74) is 6.41. The Labute approximate surface area is 145 Å². The van der Waals surface area contributed by atoms with Crippen LogP contribution in [0.3, 0.4) is 0 Å². The molecule has 0 radical (unpaired) electrons. The van der Waals surface area contributed by atoms with Gasteiger partial charge in [-0.15, -0.1) is 0 Å². The average Bonchev–Trinajstić information content (AvgIpc) is 2.65. The smallest absolute Gasteiger partial charge is 0.161 e. The quantitative estimate of drug-likeness (QED) is 0.359. The highest BCUT2D eigenvalue weighted by Crippen LogP contribution is 2.35. The number of pyridine rings is 2. The Morgan fingerprint density at radius 3 is 2.28 bits per heavy atom. The number of para-hydroxylation sites is 1. The lowest BCUT2D eigenvalue weighted by atomic mass is 9.96. The van der Waals surface area contributed by atoms with E-state index < -0.39 is 0 Å². The third kappa shape index (κ3) is 2.26. The maximum absolute atomic E-state index is 4.84. The fraction of sp³-hybridized carbons (Fsp3) is 0.0435. The Morgan fingerprint density at radius 2 is 1.40 bits per heavy atom. The van der Waals surface area contributed by atoms with E-state index in [0.717, 1.165) is 27.5 Å². The maximum atomic E-state index is 4.84. The molecule has 118 valence electrons. The molecule has 0 spiro atoms. The zero-order valence-electron chi connectivity index (χ0n) is 13.9. The van der Waals surface area contributed by atoms with Crippen molar-refractivity contribution in [3.05, 3.63) is 84.4 Å². The van der Waals surface area contributed by atoms with E-state index in [9.17, 15) is 0 Å². The topological polar surface area (TPSA) is 25.8 Å². The second-order valence-electron chi connectivity index (χ2n) is 6.43. The predicted octanol–water partition coefficient (Wildman–Crippen LogP) is 5.91. The Bertz CT molecular complexity index is 1240. The number of nitrogens with zero attached hydrogens (tertiary/aromatic N) is 2. The van der Waals surface area contributed by atoms with Crippen LogP contribution in [0.4, 0.5) is 0 Å². The highest BCUT2D eigenvalue weighted by atomic mass is 14.8. The van der Waals surface area contributed by atoms with E-state index in [-0.39, 0.29) is 0 Å². The Balaban J connectivity index is 2.02. The number of rotatable bonds is 1. The van der Waals surface area contributed by atoms with Crippen LogP contribution in [-0.2, 0) is 0 Å². The molecule has 0 N–H and O–H groups in total. The molecule has 5 rings (SSSR count). The summed E-state index contributed by atoms with van der Waals surface area (Å²) in [6.45, 7) is 2.12. The van der Waals surface area contributed by atoms with Gasteiger partial charge < -0.3 is 0 Å². The molecule has 0 aliphatic rings. The van der Waals surface area contributed by atoms with E-state index in [4.69, 9.17) is 9.97 Å². The molecule has 2 heterocycles. The third-order valence-corrected chi connectivity index (χ3v) is 4.68. The summed E-state index contributed by atoms with van der Waals surface area (Å²) < 4.78 is 0. The summed E-state index contributed by atoms with van der Waals surface area (Å²) in [6.07, 6.45) is 0. The van der Waals surface area contributed by atoms with E-state index >= 15 is 0 Å². The van der Waals surface area contributed by atoms with E-state index in [2.05, 4.69) is 67.6 Å². The molecule has 0 aliphatic heterocycles. The van der Waals surface area contributed by atoms with E-state index in [1.165, 1.54) is 22.1 Å². The average molecular weight is 320 g/mol. The molecular weight excluding hydrogens is 304 g/mol. The van der Waals surface area contributed by atoms with Crippen LogP contribution in [0.15, 0.2) is 78.9 Å². The van der Waals surface area contributed by atoms with Crippen LogP contribution < -0.4 is 0 Å². The van der Waals surface area contributed by atoms with Crippen LogP contribution >= 0.6 is 0 Å². The molecule has 0 bridgehead atoms. The highest BCUT2D eigenvalue weighted by Gasteiger charge is 2.13. The van der Waals surface area contributed by atoms with Crippen molar-refractivity contribution in [2.45, 2.75) is 6.92 Å². The molecular formula is C23H16N2. The van der Waals surface area contributed by atoms with Gasteiger partial charge in [-0.3, -0.25) is 0 Å². The van der Waals surface area contributed by atoms with E-state index in [1.54, 1.807) is 0 Å². The van der Waals surface area contributed by atoms with Crippen molar-refractivity contribution >= 4 is 32.8 Å². The van der Waals surface area contributed by atoms with Gasteiger partial charge in [0.25, 0.3) is 0 Å². The lowest BCUT2D eigenvalue weighted by molar-refractivity contribution is 1.37. The van der Waals surface area contributed by atoms with Crippen molar-refractivity contribution in [1.82, 2.24) is 9.97 Å². The first-order chi connectivity index (χ1) is 12.3. The van der Waals surface area contributed by atoms with E-state index in [0.29, 0.717) is 0 Å². The Morgan fingerprint density at radius 1 is 0.640 bits per heavy atom. The number of aromatic nitrogens is 2. The van der Waals surface area contributed by atoms with Gasteiger partial charge in [0.15, 0.2) is 5.65 Å². The van der Waals surface area contributed by atoms with Crippen LogP contribution in [0.1, 0.15) is 5.56 Å². The zero-order chi connectivity index (χ0) is 16.8. The van der Waals surface area contributed by atoms with Crippen molar-refractivity contribution in [1.29, 1.82) is 0 Å². The molecule has 0 atom stereocenters. The SMILES string of the molecule is Cc1ccc2nc3nc4ccccc4cc3c(-c3ccccc3)c2c1. The molecule has 0 aliphatic carbocycles. The summed E-state index contributed by atoms with van der Waals surface area (Å²) >= 11 is 0. The second kappa shape index (κ2) is 5.38. The van der Waals surface area contributed by atoms with Gasteiger partial charge in [0.1, 0.15) is 0 Å². The fourth-order valence-corrected chi connectivity index (χ4v) is 3.50. The van der Waals surface area contributed by atoms with Crippen molar-refractivity contribution in [3.8, 4) is 11.1 Å². The van der Waals surface area contributed by atoms with E-state index in [1.807, 2.05) is 18.2 Å². The summed E-state index contributed by atoms with van der Waals surface area (Å²) in [5.74, 6) is 0. The van der Waals surface area contributed by atoms with Gasteiger partial charge in [0.05, 0.1) is 11.0 Å². The largest absolute Gasteiger partial charge is 0.228 e. The molecule has 5 aromatic rings. The summed E-state index contributed by atoms with van der Waals surface area (Å²) in [4.78, 5) is 9.67. The minimum absolute atomic E-state index is 0.800. The molecule has 0 fully saturated rings. The molecule has 2 aromatic heterocycles. The van der Waals surface area contributed by atoms with Crippen molar-refractivity contribution in [3.63, 3.8) is 0 Å². The lowest BCUT2D eigenvalue weighted by Gasteiger charge is -2.12. The summed E-state index contributed by atoms with van der Waals surface area (Å²) in [5, 5.41) is 3.42. The van der Waals surface area contributed by atoms with Gasteiger partial charge in [-0.1, -0.05) is 60.2 Å². The first kappa shape index (κ1) is 14.1. The monoisotopic (exact) mass is 320 g/mol. The zero-order valence-corrected chi connectivity index (χ0v) is 13.9. The van der Waals surface area contributed by atoms with Crippen molar-refractivity contribution in [2.75, 3.05) is 0 Å². The highest BCUT2D eigenvalue weighted by molar-refractivity contribution is 6.11. The van der Waals surface area contributed by atoms with Gasteiger partial charge in [-0.05, 0) is 36.8 Å². The summed E-state index contributed by atoms with van der Waals surface area (Å²) in [7, 11) is 0. The first-order valence-corrected chi connectivity index (χ1v) is 8.45. The molecule has 0 saturated carbocycles. The van der Waals surface area contributed by atoms with Crippen molar-refractivity contribution in [2.24, 2.45) is 0 Å². The normalized spacial score (nSPS) is 11.4. The van der Waals surface area contributed by atoms with Gasteiger partial charge in [-0.2, -0.15) is 0 Å². The minimum Gasteiger partial charge on any atom is -0.228 e. The van der Waals surface area contributed by atoms with Crippen LogP contribution in [-0.4, -0.2) is 9.97 Å². The Kier molecular flexibility index (Phi) is 3.04. The van der Waals surface area contributed by atoms with Gasteiger partial charge in [-0.25, -0.2) is 9.97 Å². The molecule has 2 heteroatoms.